The zero-order valence-electron chi connectivity index (χ0n) is 17.5. The van der Waals surface area contributed by atoms with E-state index >= 15 is 0 Å². The van der Waals surface area contributed by atoms with E-state index in [0.29, 0.717) is 32.1 Å². The molecule has 28 heavy (non-hydrogen) atoms. The maximum Gasteiger partial charge on any atom is 0.191 e. The molecule has 0 amide bonds. The highest BCUT2D eigenvalue weighted by atomic mass is 32.2. The third-order valence-electron chi connectivity index (χ3n) is 4.44. The Kier molecular flexibility index (Phi) is 7.98. The molecule has 0 aromatic heterocycles. The highest BCUT2D eigenvalue weighted by Gasteiger charge is 2.22. The summed E-state index contributed by atoms with van der Waals surface area (Å²) in [5, 5.41) is 6.48. The lowest BCUT2D eigenvalue weighted by Crippen LogP contribution is -2.42. The van der Waals surface area contributed by atoms with Crippen LogP contribution in [0.2, 0.25) is 0 Å². The molecule has 0 spiro atoms. The molecule has 0 radical (unpaired) electrons. The molecule has 1 heterocycles. The first kappa shape index (κ1) is 22.3. The molecule has 1 aromatic rings. The highest BCUT2D eigenvalue weighted by molar-refractivity contribution is 7.90. The third-order valence-corrected chi connectivity index (χ3v) is 5.41. The van der Waals surface area contributed by atoms with Crippen molar-refractivity contribution in [2.45, 2.75) is 59.2 Å². The van der Waals surface area contributed by atoms with Crippen LogP contribution in [0.15, 0.2) is 17.1 Å². The molecule has 0 saturated carbocycles. The number of fused-ring (bicyclic) bond motifs is 1. The number of benzene rings is 1. The number of sulfone groups is 1. The lowest BCUT2D eigenvalue weighted by atomic mass is 10.1. The largest absolute Gasteiger partial charge is 0.494 e. The molecule has 158 valence electrons. The number of ether oxygens (including phenoxy) is 2. The number of rotatable bonds is 9. The molecule has 2 rings (SSSR count). The normalized spacial score (nSPS) is 17.6. The first-order valence-corrected chi connectivity index (χ1v) is 12.0. The standard InChI is InChI=1S/C20H33N3O4S/c1-6-21-20(23-14(3)8-9-28(5,24)25)22-13-17-12-19-16(10-15(4)27-19)11-18(17)26-7-2/h11-12,14-15H,6-10,13H2,1-5H3,(H2,21,22,23). The first-order chi connectivity index (χ1) is 13.2. The van der Waals surface area contributed by atoms with Gasteiger partial charge in [0.1, 0.15) is 27.4 Å². The van der Waals surface area contributed by atoms with Gasteiger partial charge < -0.3 is 20.1 Å². The van der Waals surface area contributed by atoms with Crippen LogP contribution in [0.1, 0.15) is 45.2 Å². The molecule has 2 unspecified atom stereocenters. The van der Waals surface area contributed by atoms with Crippen LogP contribution in [0.5, 0.6) is 11.5 Å². The Morgan fingerprint density at radius 2 is 2.14 bits per heavy atom. The van der Waals surface area contributed by atoms with Gasteiger partial charge in [-0.3, -0.25) is 0 Å². The van der Waals surface area contributed by atoms with Crippen molar-refractivity contribution < 1.29 is 17.9 Å². The molecule has 7 nitrogen and oxygen atoms in total. The summed E-state index contributed by atoms with van der Waals surface area (Å²) >= 11 is 0. The van der Waals surface area contributed by atoms with Crippen LogP contribution in [0.4, 0.5) is 0 Å². The van der Waals surface area contributed by atoms with Crippen LogP contribution >= 0.6 is 0 Å². The van der Waals surface area contributed by atoms with Gasteiger partial charge in [0.2, 0.25) is 0 Å². The van der Waals surface area contributed by atoms with Crippen LogP contribution in [0, 0.1) is 0 Å². The monoisotopic (exact) mass is 411 g/mol. The predicted octanol–water partition coefficient (Wildman–Crippen LogP) is 2.29. The lowest BCUT2D eigenvalue weighted by Gasteiger charge is -2.18. The summed E-state index contributed by atoms with van der Waals surface area (Å²) in [4.78, 5) is 4.66. The molecule has 8 heteroatoms. The number of guanidine groups is 1. The molecule has 0 aliphatic carbocycles. The summed E-state index contributed by atoms with van der Waals surface area (Å²) in [5.41, 5.74) is 2.14. The fourth-order valence-electron chi connectivity index (χ4n) is 3.08. The summed E-state index contributed by atoms with van der Waals surface area (Å²) < 4.78 is 34.4. The van der Waals surface area contributed by atoms with Gasteiger partial charge >= 0.3 is 0 Å². The fourth-order valence-corrected chi connectivity index (χ4v) is 3.86. The van der Waals surface area contributed by atoms with Crippen molar-refractivity contribution in [1.29, 1.82) is 0 Å². The smallest absolute Gasteiger partial charge is 0.191 e. The number of nitrogens with zero attached hydrogens (tertiary/aromatic N) is 1. The number of hydrogen-bond donors (Lipinski definition) is 2. The second-order valence-electron chi connectivity index (χ2n) is 7.29. The summed E-state index contributed by atoms with van der Waals surface area (Å²) in [7, 11) is -2.98. The van der Waals surface area contributed by atoms with E-state index in [-0.39, 0.29) is 17.9 Å². The summed E-state index contributed by atoms with van der Waals surface area (Å²) in [6.07, 6.45) is 2.85. The minimum absolute atomic E-state index is 0.0110. The van der Waals surface area contributed by atoms with Gasteiger partial charge in [-0.1, -0.05) is 0 Å². The van der Waals surface area contributed by atoms with Crippen molar-refractivity contribution in [2.24, 2.45) is 4.99 Å². The fraction of sp³-hybridized carbons (Fsp3) is 0.650. The SMILES string of the molecule is CCNC(=NCc1cc2c(cc1OCC)CC(C)O2)NC(C)CCS(C)(=O)=O. The number of hydrogen-bond acceptors (Lipinski definition) is 5. The molecule has 2 N–H and O–H groups in total. The van der Waals surface area contributed by atoms with Gasteiger partial charge in [-0.05, 0) is 46.2 Å². The van der Waals surface area contributed by atoms with Crippen LogP contribution in [-0.2, 0) is 22.8 Å². The minimum Gasteiger partial charge on any atom is -0.494 e. The molecular formula is C20H33N3O4S. The van der Waals surface area contributed by atoms with Crippen molar-refractivity contribution in [3.63, 3.8) is 0 Å². The van der Waals surface area contributed by atoms with Gasteiger partial charge in [0.15, 0.2) is 5.96 Å². The molecule has 1 aliphatic rings. The van der Waals surface area contributed by atoms with Crippen molar-refractivity contribution in [3.05, 3.63) is 23.3 Å². The van der Waals surface area contributed by atoms with Crippen LogP contribution in [0.3, 0.4) is 0 Å². The average Bonchev–Trinajstić information content (AvgIpc) is 2.96. The van der Waals surface area contributed by atoms with Gasteiger partial charge in [-0.2, -0.15) is 0 Å². The second kappa shape index (κ2) is 10.0. The van der Waals surface area contributed by atoms with E-state index < -0.39 is 9.84 Å². The Balaban J connectivity index is 2.12. The van der Waals surface area contributed by atoms with Crippen LogP contribution < -0.4 is 20.1 Å². The highest BCUT2D eigenvalue weighted by Crippen LogP contribution is 2.35. The summed E-state index contributed by atoms with van der Waals surface area (Å²) in [5.74, 6) is 2.54. The number of nitrogens with one attached hydrogen (secondary N) is 2. The topological polar surface area (TPSA) is 89.0 Å². The third kappa shape index (κ3) is 6.89. The Labute approximate surface area is 168 Å². The van der Waals surface area contributed by atoms with Crippen molar-refractivity contribution in [2.75, 3.05) is 25.2 Å². The van der Waals surface area contributed by atoms with Gasteiger partial charge in [0, 0.05) is 36.4 Å². The molecule has 0 saturated heterocycles. The summed E-state index contributed by atoms with van der Waals surface area (Å²) in [6, 6.07) is 4.06. The minimum atomic E-state index is -2.98. The Morgan fingerprint density at radius 3 is 2.79 bits per heavy atom. The van der Waals surface area contributed by atoms with E-state index in [9.17, 15) is 8.42 Å². The van der Waals surface area contributed by atoms with Crippen molar-refractivity contribution >= 4 is 15.8 Å². The van der Waals surface area contributed by atoms with Crippen LogP contribution in [-0.4, -0.2) is 51.7 Å². The van der Waals surface area contributed by atoms with Crippen LogP contribution in [0.25, 0.3) is 0 Å². The quantitative estimate of drug-likeness (QED) is 0.479. The van der Waals surface area contributed by atoms with E-state index in [1.807, 2.05) is 26.8 Å². The van der Waals surface area contributed by atoms with Gasteiger partial charge in [0.25, 0.3) is 0 Å². The second-order valence-corrected chi connectivity index (χ2v) is 9.55. The Hall–Kier alpha value is -1.96. The molecule has 1 aromatic carbocycles. The zero-order chi connectivity index (χ0) is 20.7. The molecule has 0 fully saturated rings. The molecular weight excluding hydrogens is 378 g/mol. The van der Waals surface area contributed by atoms with Crippen molar-refractivity contribution in [3.8, 4) is 11.5 Å². The zero-order valence-corrected chi connectivity index (χ0v) is 18.4. The van der Waals surface area contributed by atoms with E-state index in [2.05, 4.69) is 28.6 Å². The predicted molar refractivity (Wildman–Crippen MR) is 113 cm³/mol. The van der Waals surface area contributed by atoms with E-state index in [0.717, 1.165) is 23.5 Å². The van der Waals surface area contributed by atoms with E-state index in [1.54, 1.807) is 0 Å². The van der Waals surface area contributed by atoms with Gasteiger partial charge in [-0.15, -0.1) is 0 Å². The van der Waals surface area contributed by atoms with Gasteiger partial charge in [-0.25, -0.2) is 13.4 Å². The average molecular weight is 412 g/mol. The lowest BCUT2D eigenvalue weighted by molar-refractivity contribution is 0.254. The molecule has 0 bridgehead atoms. The number of aliphatic imine (C=N–C) groups is 1. The first-order valence-electron chi connectivity index (χ1n) is 9.89. The van der Waals surface area contributed by atoms with Crippen molar-refractivity contribution in [1.82, 2.24) is 10.6 Å². The maximum absolute atomic E-state index is 11.4. The molecule has 1 aliphatic heterocycles. The van der Waals surface area contributed by atoms with Gasteiger partial charge in [0.05, 0.1) is 18.9 Å². The van der Waals surface area contributed by atoms with E-state index in [1.165, 1.54) is 11.8 Å². The summed E-state index contributed by atoms with van der Waals surface area (Å²) in [6.45, 7) is 9.72. The van der Waals surface area contributed by atoms with E-state index in [4.69, 9.17) is 9.47 Å². The Morgan fingerprint density at radius 1 is 1.39 bits per heavy atom. The molecule has 2 atom stereocenters. The Bertz CT molecular complexity index is 793. The maximum atomic E-state index is 11.4.